The first-order chi connectivity index (χ1) is 15.2. The summed E-state index contributed by atoms with van der Waals surface area (Å²) in [5, 5.41) is 10.3. The summed E-state index contributed by atoms with van der Waals surface area (Å²) in [5.74, 6) is -1.44. The smallest absolute Gasteiger partial charge is 0.138 e. The SMILES string of the molecule is CCCCCCCCCCCCCCCCCCCCCCCCCC(=O)CC(=O)[O-]. The summed E-state index contributed by atoms with van der Waals surface area (Å²) in [6, 6.07) is 0. The molecule has 0 saturated carbocycles. The van der Waals surface area contributed by atoms with Gasteiger partial charge in [-0.1, -0.05) is 148 Å². The third-order valence-electron chi connectivity index (χ3n) is 6.40. The van der Waals surface area contributed by atoms with Crippen molar-refractivity contribution in [1.82, 2.24) is 0 Å². The molecule has 0 N–H and O–H groups in total. The van der Waals surface area contributed by atoms with Gasteiger partial charge in [0.1, 0.15) is 5.78 Å². The minimum atomic E-state index is -1.25. The molecular formula is C28H53O3-. The Hall–Kier alpha value is -0.860. The minimum Gasteiger partial charge on any atom is -0.550 e. The van der Waals surface area contributed by atoms with E-state index in [1.807, 2.05) is 0 Å². The second-order valence-electron chi connectivity index (χ2n) is 9.62. The van der Waals surface area contributed by atoms with E-state index in [2.05, 4.69) is 6.92 Å². The molecular weight excluding hydrogens is 384 g/mol. The molecule has 3 heteroatoms. The van der Waals surface area contributed by atoms with Crippen LogP contribution in [0.1, 0.15) is 167 Å². The molecule has 0 radical (unpaired) electrons. The Bertz CT molecular complexity index is 392. The second-order valence-corrected chi connectivity index (χ2v) is 9.62. The van der Waals surface area contributed by atoms with Crippen LogP contribution >= 0.6 is 0 Å². The Kier molecular flexibility index (Phi) is 24.7. The van der Waals surface area contributed by atoms with Gasteiger partial charge in [0.2, 0.25) is 0 Å². The highest BCUT2D eigenvalue weighted by Crippen LogP contribution is 2.15. The van der Waals surface area contributed by atoms with Crippen molar-refractivity contribution in [3.8, 4) is 0 Å². The molecule has 0 heterocycles. The first-order valence-corrected chi connectivity index (χ1v) is 13.9. The van der Waals surface area contributed by atoms with E-state index in [0.717, 1.165) is 19.3 Å². The van der Waals surface area contributed by atoms with E-state index in [0.29, 0.717) is 6.42 Å². The number of Topliss-reactive ketones (excluding diaryl/α,β-unsaturated/α-hetero) is 1. The maximum Gasteiger partial charge on any atom is 0.138 e. The number of carboxylic acids is 1. The van der Waals surface area contributed by atoms with Gasteiger partial charge in [-0.15, -0.1) is 0 Å². The molecule has 0 aliphatic carbocycles. The van der Waals surface area contributed by atoms with E-state index in [1.54, 1.807) is 0 Å². The Labute approximate surface area is 194 Å². The lowest BCUT2D eigenvalue weighted by Crippen LogP contribution is -2.25. The Morgan fingerprint density at radius 3 is 0.968 bits per heavy atom. The van der Waals surface area contributed by atoms with Crippen LogP contribution in [0.2, 0.25) is 0 Å². The summed E-state index contributed by atoms with van der Waals surface area (Å²) in [6.45, 7) is 2.29. The largest absolute Gasteiger partial charge is 0.550 e. The van der Waals surface area contributed by atoms with E-state index in [-0.39, 0.29) is 5.78 Å². The topological polar surface area (TPSA) is 57.2 Å². The number of ketones is 1. The summed E-state index contributed by atoms with van der Waals surface area (Å²) in [7, 11) is 0. The van der Waals surface area contributed by atoms with Crippen LogP contribution in [0.3, 0.4) is 0 Å². The van der Waals surface area contributed by atoms with Crippen molar-refractivity contribution in [1.29, 1.82) is 0 Å². The number of hydrogen-bond acceptors (Lipinski definition) is 3. The molecule has 0 atom stereocenters. The molecule has 0 bridgehead atoms. The van der Waals surface area contributed by atoms with Gasteiger partial charge in [0.15, 0.2) is 0 Å². The van der Waals surface area contributed by atoms with Crippen molar-refractivity contribution in [2.45, 2.75) is 167 Å². The molecule has 0 aromatic heterocycles. The minimum absolute atomic E-state index is 0.191. The number of unbranched alkanes of at least 4 members (excludes halogenated alkanes) is 22. The Morgan fingerprint density at radius 2 is 0.710 bits per heavy atom. The quantitative estimate of drug-likeness (QED) is 0.101. The van der Waals surface area contributed by atoms with E-state index in [1.165, 1.54) is 128 Å². The van der Waals surface area contributed by atoms with Crippen molar-refractivity contribution >= 4 is 11.8 Å². The van der Waals surface area contributed by atoms with E-state index in [4.69, 9.17) is 0 Å². The summed E-state index contributed by atoms with van der Waals surface area (Å²) in [4.78, 5) is 21.6. The van der Waals surface area contributed by atoms with Crippen LogP contribution in [-0.2, 0) is 9.59 Å². The number of rotatable bonds is 26. The maximum atomic E-state index is 11.2. The van der Waals surface area contributed by atoms with Crippen LogP contribution < -0.4 is 5.11 Å². The van der Waals surface area contributed by atoms with Crippen LogP contribution in [0, 0.1) is 0 Å². The van der Waals surface area contributed by atoms with Gasteiger partial charge in [-0.25, -0.2) is 0 Å². The van der Waals surface area contributed by atoms with E-state index in [9.17, 15) is 14.7 Å². The monoisotopic (exact) mass is 437 g/mol. The predicted molar refractivity (Wildman–Crippen MR) is 131 cm³/mol. The fraction of sp³-hybridized carbons (Fsp3) is 0.929. The molecule has 0 fully saturated rings. The second kappa shape index (κ2) is 25.4. The standard InChI is InChI=1S/C28H54O3/c1-2-3-4-5-6-7-8-9-10-11-12-13-14-15-16-17-18-19-20-21-22-23-24-25-27(29)26-28(30)31/h2-26H2,1H3,(H,30,31)/p-1. The van der Waals surface area contributed by atoms with Crippen molar-refractivity contribution in [3.05, 3.63) is 0 Å². The lowest BCUT2D eigenvalue weighted by Gasteiger charge is -2.04. The fourth-order valence-corrected chi connectivity index (χ4v) is 4.36. The Morgan fingerprint density at radius 1 is 0.452 bits per heavy atom. The lowest BCUT2D eigenvalue weighted by atomic mass is 10.0. The maximum absolute atomic E-state index is 11.2. The van der Waals surface area contributed by atoms with Gasteiger partial charge in [0.25, 0.3) is 0 Å². The molecule has 0 saturated heterocycles. The van der Waals surface area contributed by atoms with Crippen molar-refractivity contribution in [2.75, 3.05) is 0 Å². The molecule has 0 aromatic carbocycles. The number of hydrogen-bond donors (Lipinski definition) is 0. The zero-order valence-electron chi connectivity index (χ0n) is 20.9. The number of aliphatic carboxylic acids is 1. The Balaban J connectivity index is 3.06. The van der Waals surface area contributed by atoms with Crippen LogP contribution in [0.15, 0.2) is 0 Å². The lowest BCUT2D eigenvalue weighted by molar-refractivity contribution is -0.304. The fourth-order valence-electron chi connectivity index (χ4n) is 4.36. The van der Waals surface area contributed by atoms with Gasteiger partial charge in [-0.05, 0) is 6.42 Å². The first-order valence-electron chi connectivity index (χ1n) is 13.9. The van der Waals surface area contributed by atoms with Gasteiger partial charge in [0.05, 0.1) is 0 Å². The summed E-state index contributed by atoms with van der Waals surface area (Å²) in [5.41, 5.74) is 0. The van der Waals surface area contributed by atoms with Gasteiger partial charge in [0, 0.05) is 18.8 Å². The number of carboxylic acid groups (broad SMARTS) is 1. The highest BCUT2D eigenvalue weighted by molar-refractivity contribution is 5.93. The molecule has 0 amide bonds. The van der Waals surface area contributed by atoms with Crippen LogP contribution in [0.5, 0.6) is 0 Å². The summed E-state index contributed by atoms with van der Waals surface area (Å²) < 4.78 is 0. The molecule has 3 nitrogen and oxygen atoms in total. The van der Waals surface area contributed by atoms with Gasteiger partial charge in [-0.3, -0.25) is 4.79 Å². The summed E-state index contributed by atoms with van der Waals surface area (Å²) >= 11 is 0. The average Bonchev–Trinajstić information content (AvgIpc) is 2.73. The molecule has 0 rings (SSSR count). The zero-order valence-corrected chi connectivity index (χ0v) is 20.9. The predicted octanol–water partition coefficient (Wildman–Crippen LogP) is 8.08. The molecule has 31 heavy (non-hydrogen) atoms. The van der Waals surface area contributed by atoms with E-state index >= 15 is 0 Å². The zero-order chi connectivity index (χ0) is 22.8. The molecule has 0 unspecified atom stereocenters. The van der Waals surface area contributed by atoms with Crippen molar-refractivity contribution < 1.29 is 14.7 Å². The van der Waals surface area contributed by atoms with Crippen LogP contribution in [-0.4, -0.2) is 11.8 Å². The third kappa shape index (κ3) is 27.1. The van der Waals surface area contributed by atoms with Gasteiger partial charge in [-0.2, -0.15) is 0 Å². The molecule has 184 valence electrons. The highest BCUT2D eigenvalue weighted by Gasteiger charge is 2.01. The molecule has 0 aliphatic rings. The molecule has 0 spiro atoms. The van der Waals surface area contributed by atoms with Crippen molar-refractivity contribution in [2.24, 2.45) is 0 Å². The summed E-state index contributed by atoms with van der Waals surface area (Å²) in [6.07, 6.45) is 31.1. The molecule has 0 aliphatic heterocycles. The van der Waals surface area contributed by atoms with Gasteiger partial charge < -0.3 is 9.90 Å². The average molecular weight is 438 g/mol. The van der Waals surface area contributed by atoms with Crippen molar-refractivity contribution in [3.63, 3.8) is 0 Å². The number of carbonyl (C=O) groups excluding carboxylic acids is 2. The van der Waals surface area contributed by atoms with Crippen LogP contribution in [0.25, 0.3) is 0 Å². The molecule has 0 aromatic rings. The van der Waals surface area contributed by atoms with Gasteiger partial charge >= 0.3 is 0 Å². The van der Waals surface area contributed by atoms with Crippen LogP contribution in [0.4, 0.5) is 0 Å². The highest BCUT2D eigenvalue weighted by atomic mass is 16.4. The normalized spacial score (nSPS) is 11.1. The first kappa shape index (κ1) is 30.1. The third-order valence-corrected chi connectivity index (χ3v) is 6.40. The number of carbonyl (C=O) groups is 2. The van der Waals surface area contributed by atoms with E-state index < -0.39 is 12.4 Å².